The number of amides is 2. The second-order valence-electron chi connectivity index (χ2n) is 8.41. The van der Waals surface area contributed by atoms with Gasteiger partial charge in [0.05, 0.1) is 22.6 Å². The molecule has 0 radical (unpaired) electrons. The Morgan fingerprint density at radius 2 is 1.80 bits per heavy atom. The van der Waals surface area contributed by atoms with Gasteiger partial charge in [-0.15, -0.1) is 0 Å². The number of carbonyl (C=O) groups is 1. The van der Waals surface area contributed by atoms with Crippen molar-refractivity contribution in [2.24, 2.45) is 0 Å². The van der Waals surface area contributed by atoms with Crippen molar-refractivity contribution in [3.8, 4) is 5.69 Å². The Morgan fingerprint density at radius 1 is 1.11 bits per heavy atom. The highest BCUT2D eigenvalue weighted by atomic mass is 79.9. The summed E-state index contributed by atoms with van der Waals surface area (Å²) in [6.45, 7) is 6.37. The Labute approximate surface area is 217 Å². The first-order valence-corrected chi connectivity index (χ1v) is 12.6. The van der Waals surface area contributed by atoms with Gasteiger partial charge >= 0.3 is 6.03 Å². The molecule has 8 heteroatoms. The number of aromatic nitrogens is 2. The van der Waals surface area contributed by atoms with E-state index in [9.17, 15) is 9.59 Å². The van der Waals surface area contributed by atoms with Crippen LogP contribution in [0.4, 0.5) is 10.5 Å². The number of fused-ring (bicyclic) bond motifs is 1. The Morgan fingerprint density at radius 3 is 2.46 bits per heavy atom. The SMILES string of the molecule is CCCN(C(=O)Nc1ccc(Br)cc1)C(C)c1nc2cc(Cl)ccc2c(=O)n1-c1ccc(C)cc1. The summed E-state index contributed by atoms with van der Waals surface area (Å²) in [5.74, 6) is 0.466. The maximum Gasteiger partial charge on any atom is 0.322 e. The van der Waals surface area contributed by atoms with Gasteiger partial charge in [0.1, 0.15) is 5.82 Å². The first-order valence-electron chi connectivity index (χ1n) is 11.4. The first kappa shape index (κ1) is 24.9. The van der Waals surface area contributed by atoms with Crippen molar-refractivity contribution in [3.63, 3.8) is 0 Å². The Hall–Kier alpha value is -3.16. The highest BCUT2D eigenvalue weighted by molar-refractivity contribution is 9.10. The third-order valence-electron chi connectivity index (χ3n) is 5.81. The lowest BCUT2D eigenvalue weighted by molar-refractivity contribution is 0.189. The molecule has 0 saturated carbocycles. The zero-order valence-corrected chi connectivity index (χ0v) is 22.1. The monoisotopic (exact) mass is 552 g/mol. The van der Waals surface area contributed by atoms with Gasteiger partial charge in [0.2, 0.25) is 0 Å². The molecular weight excluding hydrogens is 528 g/mol. The minimum absolute atomic E-state index is 0.206. The fraction of sp³-hybridized carbons (Fsp3) is 0.222. The molecule has 1 atom stereocenters. The predicted octanol–water partition coefficient (Wildman–Crippen LogP) is 7.12. The summed E-state index contributed by atoms with van der Waals surface area (Å²) in [6, 6.07) is 19.4. The first-order chi connectivity index (χ1) is 16.8. The van der Waals surface area contributed by atoms with Crippen LogP contribution in [-0.2, 0) is 0 Å². The quantitative estimate of drug-likeness (QED) is 0.276. The molecule has 6 nitrogen and oxygen atoms in total. The van der Waals surface area contributed by atoms with Gasteiger partial charge in [-0.25, -0.2) is 9.78 Å². The van der Waals surface area contributed by atoms with E-state index in [0.29, 0.717) is 39.7 Å². The predicted molar refractivity (Wildman–Crippen MR) is 146 cm³/mol. The normalized spacial score (nSPS) is 11.9. The van der Waals surface area contributed by atoms with Gasteiger partial charge in [-0.2, -0.15) is 0 Å². The van der Waals surface area contributed by atoms with Crippen molar-refractivity contribution in [1.29, 1.82) is 0 Å². The smallest absolute Gasteiger partial charge is 0.315 e. The molecule has 0 aliphatic rings. The van der Waals surface area contributed by atoms with E-state index in [-0.39, 0.29) is 11.6 Å². The number of anilines is 1. The number of carbonyl (C=O) groups excluding carboxylic acids is 1. The number of halogens is 2. The molecule has 35 heavy (non-hydrogen) atoms. The van der Waals surface area contributed by atoms with Crippen molar-refractivity contribution in [3.05, 3.63) is 98.0 Å². The van der Waals surface area contributed by atoms with Crippen LogP contribution in [-0.4, -0.2) is 27.0 Å². The molecule has 4 rings (SSSR count). The molecule has 0 aliphatic heterocycles. The molecule has 0 spiro atoms. The van der Waals surface area contributed by atoms with Crippen LogP contribution in [0.15, 0.2) is 76.0 Å². The molecule has 180 valence electrons. The van der Waals surface area contributed by atoms with E-state index in [1.165, 1.54) is 0 Å². The number of hydrogen-bond donors (Lipinski definition) is 1. The zero-order chi connectivity index (χ0) is 25.1. The van der Waals surface area contributed by atoms with Crippen molar-refractivity contribution in [2.75, 3.05) is 11.9 Å². The number of benzene rings is 3. The van der Waals surface area contributed by atoms with E-state index >= 15 is 0 Å². The van der Waals surface area contributed by atoms with Gasteiger partial charge in [-0.1, -0.05) is 52.2 Å². The van der Waals surface area contributed by atoms with E-state index in [1.54, 1.807) is 27.7 Å². The molecule has 1 N–H and O–H groups in total. The third kappa shape index (κ3) is 5.41. The molecule has 0 aliphatic carbocycles. The molecule has 1 heterocycles. The number of aryl methyl sites for hydroxylation is 1. The largest absolute Gasteiger partial charge is 0.322 e. The van der Waals surface area contributed by atoms with Gasteiger partial charge in [-0.05, 0) is 74.9 Å². The van der Waals surface area contributed by atoms with Crippen LogP contribution in [0, 0.1) is 6.92 Å². The summed E-state index contributed by atoms with van der Waals surface area (Å²) in [5, 5.41) is 3.92. The van der Waals surface area contributed by atoms with E-state index in [0.717, 1.165) is 16.5 Å². The van der Waals surface area contributed by atoms with Gasteiger partial charge in [-0.3, -0.25) is 9.36 Å². The van der Waals surface area contributed by atoms with Crippen LogP contribution in [0.2, 0.25) is 5.02 Å². The highest BCUT2D eigenvalue weighted by Crippen LogP contribution is 2.25. The van der Waals surface area contributed by atoms with Crippen LogP contribution in [0.3, 0.4) is 0 Å². The van der Waals surface area contributed by atoms with Gasteiger partial charge in [0.15, 0.2) is 0 Å². The molecule has 4 aromatic rings. The summed E-state index contributed by atoms with van der Waals surface area (Å²) >= 11 is 9.63. The maximum absolute atomic E-state index is 13.7. The minimum Gasteiger partial charge on any atom is -0.315 e. The van der Waals surface area contributed by atoms with Crippen LogP contribution in [0.1, 0.15) is 37.7 Å². The fourth-order valence-electron chi connectivity index (χ4n) is 3.98. The Balaban J connectivity index is 1.83. The van der Waals surface area contributed by atoms with Crippen molar-refractivity contribution < 1.29 is 4.79 Å². The number of nitrogens with one attached hydrogen (secondary N) is 1. The Bertz CT molecular complexity index is 1420. The Kier molecular flexibility index (Phi) is 7.57. The zero-order valence-electron chi connectivity index (χ0n) is 19.8. The topological polar surface area (TPSA) is 67.2 Å². The van der Waals surface area contributed by atoms with E-state index < -0.39 is 6.04 Å². The summed E-state index contributed by atoms with van der Waals surface area (Å²) in [4.78, 5) is 33.6. The second-order valence-corrected chi connectivity index (χ2v) is 9.77. The van der Waals surface area contributed by atoms with E-state index in [4.69, 9.17) is 16.6 Å². The molecule has 0 saturated heterocycles. The minimum atomic E-state index is -0.497. The molecule has 0 fully saturated rings. The van der Waals surface area contributed by atoms with Crippen molar-refractivity contribution in [2.45, 2.75) is 33.2 Å². The maximum atomic E-state index is 13.7. The van der Waals surface area contributed by atoms with Gasteiger partial charge in [0.25, 0.3) is 5.56 Å². The number of rotatable bonds is 6. The molecule has 1 aromatic heterocycles. The summed E-state index contributed by atoms with van der Waals surface area (Å²) < 4.78 is 2.52. The molecule has 2 amide bonds. The standard InChI is InChI=1S/C27H26BrClN4O2/c1-4-15-32(27(35)30-21-10-7-19(28)8-11-21)18(3)25-31-24-16-20(29)9-14-23(24)26(34)33(25)22-12-5-17(2)6-13-22/h5-14,16,18H,4,15H2,1-3H3,(H,30,35). The van der Waals surface area contributed by atoms with Crippen LogP contribution < -0.4 is 10.9 Å². The van der Waals surface area contributed by atoms with Crippen molar-refractivity contribution >= 4 is 50.2 Å². The summed E-state index contributed by atoms with van der Waals surface area (Å²) in [7, 11) is 0. The van der Waals surface area contributed by atoms with Gasteiger partial charge in [0, 0.05) is 21.7 Å². The van der Waals surface area contributed by atoms with Crippen LogP contribution in [0.5, 0.6) is 0 Å². The third-order valence-corrected chi connectivity index (χ3v) is 6.58. The molecule has 3 aromatic carbocycles. The molecule has 1 unspecified atom stereocenters. The van der Waals surface area contributed by atoms with Crippen LogP contribution in [0.25, 0.3) is 16.6 Å². The lowest BCUT2D eigenvalue weighted by Gasteiger charge is -2.30. The number of urea groups is 1. The lowest BCUT2D eigenvalue weighted by Crippen LogP contribution is -2.40. The number of hydrogen-bond acceptors (Lipinski definition) is 3. The summed E-state index contributed by atoms with van der Waals surface area (Å²) in [6.07, 6.45) is 0.742. The van der Waals surface area contributed by atoms with Gasteiger partial charge < -0.3 is 10.2 Å². The van der Waals surface area contributed by atoms with E-state index in [1.807, 2.05) is 69.3 Å². The average Bonchev–Trinajstić information content (AvgIpc) is 2.84. The molecular formula is C27H26BrClN4O2. The van der Waals surface area contributed by atoms with Crippen LogP contribution >= 0.6 is 27.5 Å². The average molecular weight is 554 g/mol. The van der Waals surface area contributed by atoms with E-state index in [2.05, 4.69) is 21.2 Å². The highest BCUT2D eigenvalue weighted by Gasteiger charge is 2.26. The fourth-order valence-corrected chi connectivity index (χ4v) is 4.41. The summed E-state index contributed by atoms with van der Waals surface area (Å²) in [5.41, 5.74) is 2.75. The molecule has 0 bridgehead atoms. The lowest BCUT2D eigenvalue weighted by atomic mass is 10.1. The number of nitrogens with zero attached hydrogens (tertiary/aromatic N) is 3. The second kappa shape index (κ2) is 10.6. The van der Waals surface area contributed by atoms with Crippen molar-refractivity contribution in [1.82, 2.24) is 14.5 Å².